The van der Waals surface area contributed by atoms with Gasteiger partial charge in [0, 0.05) is 31.5 Å². The Bertz CT molecular complexity index is 1020. The number of nitrogens with one attached hydrogen (secondary N) is 2. The summed E-state index contributed by atoms with van der Waals surface area (Å²) in [5, 5.41) is 9.02. The van der Waals surface area contributed by atoms with Gasteiger partial charge in [0.15, 0.2) is 5.82 Å². The molecular formula is C16H16ClN5O3S. The lowest BCUT2D eigenvalue weighted by Gasteiger charge is -2.33. The summed E-state index contributed by atoms with van der Waals surface area (Å²) in [6.45, 7) is 0.928. The van der Waals surface area contributed by atoms with E-state index in [-0.39, 0.29) is 26.9 Å². The van der Waals surface area contributed by atoms with E-state index >= 15 is 0 Å². The number of halogens is 1. The zero-order valence-electron chi connectivity index (χ0n) is 13.6. The molecule has 0 bridgehead atoms. The molecule has 2 N–H and O–H groups in total. The van der Waals surface area contributed by atoms with Crippen molar-refractivity contribution in [3.63, 3.8) is 0 Å². The molecule has 1 saturated heterocycles. The second kappa shape index (κ2) is 7.45. The van der Waals surface area contributed by atoms with Crippen LogP contribution >= 0.6 is 11.6 Å². The van der Waals surface area contributed by atoms with Gasteiger partial charge in [-0.2, -0.15) is 5.26 Å². The predicted molar refractivity (Wildman–Crippen MR) is 96.6 cm³/mol. The number of piperidine rings is 1. The minimum Gasteiger partial charge on any atom is -0.350 e. The van der Waals surface area contributed by atoms with Gasteiger partial charge in [0.05, 0.1) is 16.7 Å². The molecule has 1 aromatic heterocycles. The van der Waals surface area contributed by atoms with Gasteiger partial charge in [-0.3, -0.25) is 4.79 Å². The number of aromatic nitrogens is 2. The molecule has 26 heavy (non-hydrogen) atoms. The molecule has 1 aliphatic heterocycles. The summed E-state index contributed by atoms with van der Waals surface area (Å²) in [6, 6.07) is 5.58. The van der Waals surface area contributed by atoms with Crippen molar-refractivity contribution in [2.45, 2.75) is 23.8 Å². The lowest BCUT2D eigenvalue weighted by atomic mass is 10.1. The number of benzene rings is 1. The first-order valence-corrected chi connectivity index (χ1v) is 9.77. The molecule has 1 unspecified atom stereocenters. The Morgan fingerprint density at radius 1 is 1.42 bits per heavy atom. The third-order valence-corrected chi connectivity index (χ3v) is 6.08. The molecule has 1 fully saturated rings. The van der Waals surface area contributed by atoms with E-state index in [4.69, 9.17) is 16.9 Å². The van der Waals surface area contributed by atoms with Gasteiger partial charge < -0.3 is 9.88 Å². The van der Waals surface area contributed by atoms with Gasteiger partial charge in [-0.1, -0.05) is 11.6 Å². The van der Waals surface area contributed by atoms with Gasteiger partial charge in [0.1, 0.15) is 4.90 Å². The minimum absolute atomic E-state index is 0.0466. The molecule has 0 spiro atoms. The first-order valence-electron chi connectivity index (χ1n) is 7.91. The zero-order valence-corrected chi connectivity index (χ0v) is 15.2. The summed E-state index contributed by atoms with van der Waals surface area (Å²) in [4.78, 5) is 20.2. The number of hydrogen-bond acceptors (Lipinski definition) is 6. The van der Waals surface area contributed by atoms with Crippen molar-refractivity contribution in [2.75, 3.05) is 18.0 Å². The Kier molecular flexibility index (Phi) is 5.27. The van der Waals surface area contributed by atoms with E-state index in [0.717, 1.165) is 0 Å². The molecule has 1 aliphatic rings. The molecule has 0 saturated carbocycles. The summed E-state index contributed by atoms with van der Waals surface area (Å²) in [7, 11) is -3.90. The fourth-order valence-corrected chi connectivity index (χ4v) is 4.68. The topological polar surface area (TPSA) is 119 Å². The van der Waals surface area contributed by atoms with Crippen LogP contribution in [-0.2, 0) is 10.0 Å². The highest BCUT2D eigenvalue weighted by Crippen LogP contribution is 2.24. The van der Waals surface area contributed by atoms with Crippen LogP contribution in [0.4, 0.5) is 5.82 Å². The number of nitriles is 1. The standard InChI is InChI=1S/C16H16ClN5O3S/c17-13-4-3-11(9-18)8-14(13)26(24,25)21-12-2-1-7-22(10-12)15-16(23)20-6-5-19-15/h3-6,8,12,21H,1-2,7,10H2,(H,20,23). The van der Waals surface area contributed by atoms with Crippen LogP contribution in [0.15, 0.2) is 40.3 Å². The van der Waals surface area contributed by atoms with Crippen molar-refractivity contribution in [1.82, 2.24) is 14.7 Å². The fraction of sp³-hybridized carbons (Fsp3) is 0.312. The van der Waals surface area contributed by atoms with Gasteiger partial charge in [-0.25, -0.2) is 18.1 Å². The van der Waals surface area contributed by atoms with Crippen LogP contribution in [0.2, 0.25) is 5.02 Å². The van der Waals surface area contributed by atoms with Gasteiger partial charge in [-0.05, 0) is 31.0 Å². The highest BCUT2D eigenvalue weighted by atomic mass is 35.5. The Morgan fingerprint density at radius 3 is 2.96 bits per heavy atom. The third kappa shape index (κ3) is 3.88. The SMILES string of the molecule is N#Cc1ccc(Cl)c(S(=O)(=O)NC2CCCN(c3ncc[nH]c3=O)C2)c1. The fourth-order valence-electron chi connectivity index (χ4n) is 2.90. The van der Waals surface area contributed by atoms with Crippen LogP contribution in [-0.4, -0.2) is 37.5 Å². The number of aromatic amines is 1. The van der Waals surface area contributed by atoms with E-state index in [0.29, 0.717) is 25.9 Å². The van der Waals surface area contributed by atoms with Crippen LogP contribution in [0.5, 0.6) is 0 Å². The van der Waals surface area contributed by atoms with Crippen LogP contribution in [0, 0.1) is 11.3 Å². The molecule has 1 atom stereocenters. The van der Waals surface area contributed by atoms with Gasteiger partial charge in [-0.15, -0.1) is 0 Å². The monoisotopic (exact) mass is 393 g/mol. The van der Waals surface area contributed by atoms with Gasteiger partial charge in [0.25, 0.3) is 5.56 Å². The molecule has 10 heteroatoms. The second-order valence-electron chi connectivity index (χ2n) is 5.91. The Hall–Kier alpha value is -2.41. The summed E-state index contributed by atoms with van der Waals surface area (Å²) in [5.41, 5.74) is -0.110. The number of nitrogens with zero attached hydrogens (tertiary/aromatic N) is 3. The summed E-state index contributed by atoms with van der Waals surface area (Å²) in [6.07, 6.45) is 4.25. The molecule has 2 heterocycles. The number of hydrogen-bond donors (Lipinski definition) is 2. The maximum absolute atomic E-state index is 12.7. The smallest absolute Gasteiger partial charge is 0.290 e. The molecular weight excluding hydrogens is 378 g/mol. The lowest BCUT2D eigenvalue weighted by Crippen LogP contribution is -2.49. The Balaban J connectivity index is 1.81. The van der Waals surface area contributed by atoms with Crippen molar-refractivity contribution < 1.29 is 8.42 Å². The third-order valence-electron chi connectivity index (χ3n) is 4.08. The first kappa shape index (κ1) is 18.4. The molecule has 3 rings (SSSR count). The minimum atomic E-state index is -3.90. The van der Waals surface area contributed by atoms with Gasteiger partial charge >= 0.3 is 0 Å². The van der Waals surface area contributed by atoms with E-state index < -0.39 is 16.1 Å². The number of H-pyrrole nitrogens is 1. The molecule has 1 aromatic carbocycles. The maximum atomic E-state index is 12.7. The van der Waals surface area contributed by atoms with Crippen molar-refractivity contribution in [1.29, 1.82) is 5.26 Å². The summed E-state index contributed by atoms with van der Waals surface area (Å²) < 4.78 is 28.0. The summed E-state index contributed by atoms with van der Waals surface area (Å²) >= 11 is 6.01. The van der Waals surface area contributed by atoms with E-state index in [1.54, 1.807) is 4.90 Å². The van der Waals surface area contributed by atoms with E-state index in [2.05, 4.69) is 14.7 Å². The maximum Gasteiger partial charge on any atom is 0.290 e. The molecule has 0 amide bonds. The number of anilines is 1. The molecule has 0 aliphatic carbocycles. The number of sulfonamides is 1. The Labute approximate surface area is 155 Å². The van der Waals surface area contributed by atoms with Crippen molar-refractivity contribution in [3.05, 3.63) is 51.5 Å². The van der Waals surface area contributed by atoms with Crippen LogP contribution in [0.3, 0.4) is 0 Å². The van der Waals surface area contributed by atoms with Crippen LogP contribution in [0.1, 0.15) is 18.4 Å². The summed E-state index contributed by atoms with van der Waals surface area (Å²) in [5.74, 6) is 0.265. The highest BCUT2D eigenvalue weighted by molar-refractivity contribution is 7.89. The van der Waals surface area contributed by atoms with Crippen LogP contribution < -0.4 is 15.2 Å². The normalized spacial score (nSPS) is 17.7. The van der Waals surface area contributed by atoms with E-state index in [1.807, 2.05) is 6.07 Å². The Morgan fingerprint density at radius 2 is 2.23 bits per heavy atom. The quantitative estimate of drug-likeness (QED) is 0.806. The average molecular weight is 394 g/mol. The average Bonchev–Trinajstić information content (AvgIpc) is 2.62. The highest BCUT2D eigenvalue weighted by Gasteiger charge is 2.28. The lowest BCUT2D eigenvalue weighted by molar-refractivity contribution is 0.463. The van der Waals surface area contributed by atoms with Crippen LogP contribution in [0.25, 0.3) is 0 Å². The number of rotatable bonds is 4. The van der Waals surface area contributed by atoms with E-state index in [1.165, 1.54) is 30.6 Å². The van der Waals surface area contributed by atoms with Gasteiger partial charge in [0.2, 0.25) is 10.0 Å². The van der Waals surface area contributed by atoms with Crippen molar-refractivity contribution in [3.8, 4) is 6.07 Å². The molecule has 8 nitrogen and oxygen atoms in total. The molecule has 136 valence electrons. The largest absolute Gasteiger partial charge is 0.350 e. The van der Waals surface area contributed by atoms with E-state index in [9.17, 15) is 13.2 Å². The predicted octanol–water partition coefficient (Wildman–Crippen LogP) is 1.24. The van der Waals surface area contributed by atoms with Crippen molar-refractivity contribution >= 4 is 27.4 Å². The molecule has 2 aromatic rings. The molecule has 0 radical (unpaired) electrons. The first-order chi connectivity index (χ1) is 12.4. The second-order valence-corrected chi connectivity index (χ2v) is 7.99. The van der Waals surface area contributed by atoms with Crippen molar-refractivity contribution in [2.24, 2.45) is 0 Å². The zero-order chi connectivity index (χ0) is 18.7.